The van der Waals surface area contributed by atoms with Crippen LogP contribution < -0.4 is 25.5 Å². The number of benzene rings is 7. The summed E-state index contributed by atoms with van der Waals surface area (Å²) in [7, 11) is 0. The largest absolute Gasteiger partial charge is 0.458 e. The third kappa shape index (κ3) is 4.33. The van der Waals surface area contributed by atoms with Crippen molar-refractivity contribution in [1.82, 2.24) is 4.57 Å². The first-order chi connectivity index (χ1) is 26.6. The molecule has 4 nitrogen and oxygen atoms in total. The van der Waals surface area contributed by atoms with E-state index >= 15 is 0 Å². The van der Waals surface area contributed by atoms with E-state index < -0.39 is 0 Å². The van der Waals surface area contributed by atoms with Crippen LogP contribution in [-0.4, -0.2) is 11.3 Å². The molecule has 0 atom stereocenters. The second-order valence-electron chi connectivity index (χ2n) is 14.9. The van der Waals surface area contributed by atoms with Gasteiger partial charge in [-0.25, -0.2) is 0 Å². The van der Waals surface area contributed by atoms with E-state index in [2.05, 4.69) is 210 Å². The van der Waals surface area contributed by atoms with Gasteiger partial charge in [0.25, 0.3) is 6.71 Å². The fourth-order valence-electron chi connectivity index (χ4n) is 9.46. The van der Waals surface area contributed by atoms with Crippen LogP contribution in [0.3, 0.4) is 0 Å². The molecule has 0 N–H and O–H groups in total. The molecule has 0 saturated heterocycles. The predicted octanol–water partition coefficient (Wildman–Crippen LogP) is 11.2. The summed E-state index contributed by atoms with van der Waals surface area (Å²) < 4.78 is 9.53. The quantitative estimate of drug-likeness (QED) is 0.167. The van der Waals surface area contributed by atoms with Gasteiger partial charge in [0.05, 0.1) is 16.9 Å². The second-order valence-corrected chi connectivity index (χ2v) is 14.9. The molecule has 5 heteroatoms. The lowest BCUT2D eigenvalue weighted by atomic mass is 9.31. The van der Waals surface area contributed by atoms with Gasteiger partial charge in [-0.15, -0.1) is 0 Å². The molecule has 3 heterocycles. The van der Waals surface area contributed by atoms with Crippen molar-refractivity contribution in [2.24, 2.45) is 0 Å². The number of para-hydroxylation sites is 5. The van der Waals surface area contributed by atoms with E-state index in [4.69, 9.17) is 4.74 Å². The molecule has 1 aliphatic carbocycles. The molecule has 8 aromatic rings. The number of allylic oxidation sites excluding steroid dienone is 1. The van der Waals surface area contributed by atoms with E-state index in [-0.39, 0.29) is 12.1 Å². The summed E-state index contributed by atoms with van der Waals surface area (Å²) in [5.74, 6) is 1.80. The minimum Gasteiger partial charge on any atom is -0.458 e. The summed E-state index contributed by atoms with van der Waals surface area (Å²) in [6.07, 6.45) is 0. The molecule has 0 saturated carbocycles. The molecule has 0 amide bonds. The van der Waals surface area contributed by atoms with E-state index in [1.165, 1.54) is 44.3 Å². The van der Waals surface area contributed by atoms with Gasteiger partial charge in [-0.3, -0.25) is 0 Å². The summed E-state index contributed by atoms with van der Waals surface area (Å²) in [5.41, 5.74) is 15.3. The number of fused-ring (bicyclic) bond motifs is 7. The van der Waals surface area contributed by atoms with Gasteiger partial charge in [-0.1, -0.05) is 122 Å². The van der Waals surface area contributed by atoms with Crippen molar-refractivity contribution in [2.75, 3.05) is 9.80 Å². The average molecular weight is 694 g/mol. The maximum Gasteiger partial charge on any atom is 0.252 e. The van der Waals surface area contributed by atoms with Crippen molar-refractivity contribution < 1.29 is 4.74 Å². The van der Waals surface area contributed by atoms with Gasteiger partial charge in [0.1, 0.15) is 11.5 Å². The van der Waals surface area contributed by atoms with Crippen LogP contribution in [0.15, 0.2) is 187 Å². The predicted molar refractivity (Wildman–Crippen MR) is 224 cm³/mol. The number of anilines is 5. The average Bonchev–Trinajstić information content (AvgIpc) is 3.69. The molecule has 0 unspecified atom stereocenters. The minimum atomic E-state index is -0.319. The highest BCUT2D eigenvalue weighted by atomic mass is 16.5. The van der Waals surface area contributed by atoms with Gasteiger partial charge < -0.3 is 19.1 Å². The molecule has 3 aliphatic rings. The Balaban J connectivity index is 1.20. The number of hydrogen-bond donors (Lipinski definition) is 0. The molecular formula is C49H36BN3O. The molecule has 0 spiro atoms. The Hall–Kier alpha value is -6.72. The highest BCUT2D eigenvalue weighted by Gasteiger charge is 2.54. The van der Waals surface area contributed by atoms with Crippen molar-refractivity contribution in [3.8, 4) is 17.2 Å². The monoisotopic (exact) mass is 693 g/mol. The van der Waals surface area contributed by atoms with Crippen molar-refractivity contribution >= 4 is 62.7 Å². The first-order valence-corrected chi connectivity index (χ1v) is 18.7. The third-order valence-electron chi connectivity index (χ3n) is 11.6. The van der Waals surface area contributed by atoms with Gasteiger partial charge in [0.15, 0.2) is 0 Å². The normalized spacial score (nSPS) is 14.6. The van der Waals surface area contributed by atoms with E-state index in [0.717, 1.165) is 45.6 Å². The number of aromatic nitrogens is 1. The molecule has 7 aromatic carbocycles. The van der Waals surface area contributed by atoms with Gasteiger partial charge in [-0.05, 0) is 89.3 Å². The van der Waals surface area contributed by atoms with Crippen LogP contribution in [0.25, 0.3) is 22.3 Å². The summed E-state index contributed by atoms with van der Waals surface area (Å²) in [5, 5.41) is 1.29. The van der Waals surface area contributed by atoms with Crippen LogP contribution in [0.1, 0.15) is 25.1 Å². The van der Waals surface area contributed by atoms with Crippen LogP contribution in [0.5, 0.6) is 11.5 Å². The summed E-state index contributed by atoms with van der Waals surface area (Å²) in [6.45, 7) is 4.85. The van der Waals surface area contributed by atoms with Crippen LogP contribution >= 0.6 is 0 Å². The Morgan fingerprint density at radius 1 is 0.556 bits per heavy atom. The van der Waals surface area contributed by atoms with Crippen LogP contribution in [-0.2, 0) is 5.41 Å². The SMILES string of the molecule is CC1(C)C2=C(c3c1c1ccccc1n3-c1ccccc1)N(c1ccccc1)c1cccc3c1B2c1ccc(N(c2ccccc2)c2ccccc2)cc1O3. The Labute approximate surface area is 315 Å². The Kier molecular flexibility index (Phi) is 6.66. The fraction of sp³-hybridized carbons (Fsp3) is 0.0612. The van der Waals surface area contributed by atoms with Crippen molar-refractivity contribution in [3.63, 3.8) is 0 Å². The molecule has 256 valence electrons. The van der Waals surface area contributed by atoms with Crippen molar-refractivity contribution in [1.29, 1.82) is 0 Å². The smallest absolute Gasteiger partial charge is 0.252 e. The van der Waals surface area contributed by atoms with Crippen LogP contribution in [0.2, 0.25) is 0 Å². The van der Waals surface area contributed by atoms with Crippen molar-refractivity contribution in [3.05, 3.63) is 199 Å². The van der Waals surface area contributed by atoms with Crippen LogP contribution in [0, 0.1) is 0 Å². The molecule has 0 fully saturated rings. The molecular weight excluding hydrogens is 657 g/mol. The lowest BCUT2D eigenvalue weighted by molar-refractivity contribution is 0.487. The maximum atomic E-state index is 7.03. The van der Waals surface area contributed by atoms with Gasteiger partial charge in [0.2, 0.25) is 0 Å². The lowest BCUT2D eigenvalue weighted by Crippen LogP contribution is -2.55. The number of ether oxygens (including phenoxy) is 1. The first kappa shape index (κ1) is 30.9. The molecule has 1 aromatic heterocycles. The lowest BCUT2D eigenvalue weighted by Gasteiger charge is -2.42. The van der Waals surface area contributed by atoms with Gasteiger partial charge in [-0.2, -0.15) is 0 Å². The molecule has 0 bridgehead atoms. The molecule has 0 radical (unpaired) electrons. The minimum absolute atomic E-state index is 0.0174. The van der Waals surface area contributed by atoms with E-state index in [0.29, 0.717) is 0 Å². The van der Waals surface area contributed by atoms with Gasteiger partial charge in [0, 0.05) is 51.0 Å². The summed E-state index contributed by atoms with van der Waals surface area (Å²) in [4.78, 5) is 4.81. The Bertz CT molecular complexity index is 2730. The fourth-order valence-corrected chi connectivity index (χ4v) is 9.46. The Morgan fingerprint density at radius 3 is 1.85 bits per heavy atom. The first-order valence-electron chi connectivity index (χ1n) is 18.7. The van der Waals surface area contributed by atoms with Crippen molar-refractivity contribution in [2.45, 2.75) is 19.3 Å². The van der Waals surface area contributed by atoms with E-state index in [1.807, 2.05) is 0 Å². The third-order valence-corrected chi connectivity index (χ3v) is 11.6. The zero-order chi connectivity index (χ0) is 36.0. The topological polar surface area (TPSA) is 20.6 Å². The van der Waals surface area contributed by atoms with E-state index in [9.17, 15) is 0 Å². The van der Waals surface area contributed by atoms with Crippen LogP contribution in [0.4, 0.5) is 28.4 Å². The Morgan fingerprint density at radius 2 is 1.17 bits per heavy atom. The standard InChI is InChI=1S/C49H36BN3O/c1-49(2)44-38-26-15-16-27-40(38)52(35-22-11-5-12-23-35)46(44)47-48(49)50-39-31-30-37(51(33-18-7-3-8-19-33)34-20-9-4-10-21-34)32-43(39)54-42-29-17-28-41(45(42)50)53(47)36-24-13-6-14-25-36/h3-32H,1-2H3. The maximum absolute atomic E-state index is 7.03. The van der Waals surface area contributed by atoms with Gasteiger partial charge >= 0.3 is 0 Å². The number of hydrogen-bond acceptors (Lipinski definition) is 3. The molecule has 2 aliphatic heterocycles. The zero-order valence-electron chi connectivity index (χ0n) is 30.1. The zero-order valence-corrected chi connectivity index (χ0v) is 30.1. The second kappa shape index (κ2) is 11.6. The highest BCUT2D eigenvalue weighted by molar-refractivity contribution is 6.95. The highest BCUT2D eigenvalue weighted by Crippen LogP contribution is 2.58. The number of rotatable bonds is 5. The molecule has 11 rings (SSSR count). The number of nitrogens with zero attached hydrogens (tertiary/aromatic N) is 3. The summed E-state index contributed by atoms with van der Waals surface area (Å²) in [6, 6.07) is 65.2. The molecule has 54 heavy (non-hydrogen) atoms. The van der Waals surface area contributed by atoms with E-state index in [1.54, 1.807) is 0 Å². The summed E-state index contributed by atoms with van der Waals surface area (Å²) >= 11 is 0.